The standard InChI is InChI=1S/C12H18FN4O13P3/c1-12(3-27-32(23,24)30-33(25,26)29-31(20,21)22)9(18)7(13)11(28-12)17-4-15-8-5(17)2-6(14)16-10(8)19/h2,4,7,9,11,18H,3H2,1H3,(H,23,24)(H,25,26)(H3,14,16,19)(H2,20,21,22)/t7-,9+,11+,12+/m0/s1. The molecule has 1 aliphatic rings. The molecule has 21 heteroatoms. The van der Waals surface area contributed by atoms with Crippen molar-refractivity contribution in [2.45, 2.75) is 31.0 Å². The number of fused-ring (bicyclic) bond motifs is 1. The molecule has 0 aliphatic carbocycles. The van der Waals surface area contributed by atoms with Crippen LogP contribution in [-0.2, 0) is 31.6 Å². The number of H-pyrrole nitrogens is 1. The Bertz CT molecular complexity index is 1260. The van der Waals surface area contributed by atoms with Crippen LogP contribution in [0.5, 0.6) is 0 Å². The second kappa shape index (κ2) is 8.61. The zero-order valence-electron chi connectivity index (χ0n) is 16.3. The Morgan fingerprint density at radius 2 is 1.91 bits per heavy atom. The highest BCUT2D eigenvalue weighted by atomic mass is 31.3. The number of nitrogens with zero attached hydrogens (tertiary/aromatic N) is 2. The van der Waals surface area contributed by atoms with E-state index in [4.69, 9.17) is 25.2 Å². The molecule has 1 aliphatic heterocycles. The van der Waals surface area contributed by atoms with Crippen LogP contribution in [0.4, 0.5) is 10.2 Å². The predicted molar refractivity (Wildman–Crippen MR) is 104 cm³/mol. The van der Waals surface area contributed by atoms with Gasteiger partial charge >= 0.3 is 23.5 Å². The lowest BCUT2D eigenvalue weighted by Gasteiger charge is -2.28. The number of aromatic nitrogens is 3. The van der Waals surface area contributed by atoms with Crippen LogP contribution in [0.2, 0.25) is 0 Å². The molecule has 0 saturated carbocycles. The maximum Gasteiger partial charge on any atom is 0.490 e. The van der Waals surface area contributed by atoms with E-state index in [1.165, 1.54) is 6.07 Å². The number of rotatable bonds is 8. The van der Waals surface area contributed by atoms with Gasteiger partial charge in [-0.05, 0) is 6.92 Å². The molecule has 186 valence electrons. The van der Waals surface area contributed by atoms with Gasteiger partial charge in [-0.3, -0.25) is 9.32 Å². The van der Waals surface area contributed by atoms with Crippen molar-refractivity contribution in [1.29, 1.82) is 0 Å². The van der Waals surface area contributed by atoms with E-state index >= 15 is 0 Å². The van der Waals surface area contributed by atoms with Crippen LogP contribution in [0.25, 0.3) is 11.0 Å². The first-order valence-electron chi connectivity index (χ1n) is 8.57. The minimum Gasteiger partial charge on any atom is -0.387 e. The lowest BCUT2D eigenvalue weighted by Crippen LogP contribution is -2.43. The largest absolute Gasteiger partial charge is 0.490 e. The number of aromatic amines is 1. The van der Waals surface area contributed by atoms with Crippen molar-refractivity contribution in [1.82, 2.24) is 14.5 Å². The average Bonchev–Trinajstić information content (AvgIpc) is 3.12. The molecular weight excluding hydrogens is 520 g/mol. The number of nitrogens with one attached hydrogen (secondary N) is 1. The molecular formula is C12H18FN4O13P3. The molecule has 2 aromatic heterocycles. The number of ether oxygens (including phenoxy) is 1. The van der Waals surface area contributed by atoms with Gasteiger partial charge in [0.05, 0.1) is 18.5 Å². The summed E-state index contributed by atoms with van der Waals surface area (Å²) in [7, 11) is -16.9. The van der Waals surface area contributed by atoms with E-state index in [9.17, 15) is 32.9 Å². The van der Waals surface area contributed by atoms with Gasteiger partial charge in [0, 0.05) is 6.07 Å². The Balaban J connectivity index is 1.79. The van der Waals surface area contributed by atoms with Crippen LogP contribution >= 0.6 is 23.5 Å². The Hall–Kier alpha value is -1.52. The normalized spacial score (nSPS) is 29.7. The summed E-state index contributed by atoms with van der Waals surface area (Å²) in [5, 5.41) is 10.3. The molecule has 2 aromatic rings. The number of halogens is 1. The maximum atomic E-state index is 14.9. The zero-order chi connectivity index (χ0) is 25.0. The van der Waals surface area contributed by atoms with E-state index in [2.05, 4.69) is 23.1 Å². The first-order valence-corrected chi connectivity index (χ1v) is 13.1. The number of hydrogen-bond acceptors (Lipinski definition) is 11. The molecule has 3 heterocycles. The second-order valence-corrected chi connectivity index (χ2v) is 11.4. The van der Waals surface area contributed by atoms with Crippen LogP contribution in [-0.4, -0.2) is 63.7 Å². The summed E-state index contributed by atoms with van der Waals surface area (Å²) >= 11 is 0. The Labute approximate surface area is 182 Å². The molecule has 6 atom stereocenters. The number of aliphatic hydroxyl groups is 1. The number of alkyl halides is 1. The summed E-state index contributed by atoms with van der Waals surface area (Å²) in [6, 6.07) is 1.26. The van der Waals surface area contributed by atoms with Crippen molar-refractivity contribution < 1.29 is 60.6 Å². The summed E-state index contributed by atoms with van der Waals surface area (Å²) in [5.41, 5.74) is 2.78. The van der Waals surface area contributed by atoms with Gasteiger partial charge in [0.2, 0.25) is 0 Å². The molecule has 2 unspecified atom stereocenters. The number of nitrogens with two attached hydrogens (primary N) is 1. The summed E-state index contributed by atoms with van der Waals surface area (Å²) < 4.78 is 66.9. The van der Waals surface area contributed by atoms with Gasteiger partial charge in [-0.2, -0.15) is 8.62 Å². The molecule has 0 radical (unpaired) electrons. The van der Waals surface area contributed by atoms with Crippen molar-refractivity contribution in [2.75, 3.05) is 12.3 Å². The third kappa shape index (κ3) is 5.77. The van der Waals surface area contributed by atoms with E-state index in [0.29, 0.717) is 0 Å². The van der Waals surface area contributed by atoms with Crippen molar-refractivity contribution in [2.24, 2.45) is 0 Å². The van der Waals surface area contributed by atoms with Crippen LogP contribution in [0.1, 0.15) is 13.2 Å². The number of anilines is 1. The van der Waals surface area contributed by atoms with E-state index < -0.39 is 59.7 Å². The second-order valence-electron chi connectivity index (χ2n) is 7.01. The highest BCUT2D eigenvalue weighted by molar-refractivity contribution is 7.66. The van der Waals surface area contributed by atoms with E-state index in [-0.39, 0.29) is 16.9 Å². The fourth-order valence-electron chi connectivity index (χ4n) is 3.01. The number of phosphoric ester groups is 1. The SMILES string of the molecule is C[C@]1(COP(=O)(O)OP(=O)(O)OP(=O)(O)O)O[C@@H](n2cnc3c(=O)[nH]c(N)cc32)[C@@H](F)[C@H]1O. The zero-order valence-corrected chi connectivity index (χ0v) is 19.0. The molecule has 8 N–H and O–H groups in total. The van der Waals surface area contributed by atoms with Gasteiger partial charge in [-0.25, -0.2) is 23.1 Å². The van der Waals surface area contributed by atoms with Gasteiger partial charge in [-0.15, -0.1) is 0 Å². The maximum absolute atomic E-state index is 14.9. The average molecular weight is 538 g/mol. The molecule has 17 nitrogen and oxygen atoms in total. The molecule has 0 amide bonds. The number of aliphatic hydroxyl groups excluding tert-OH is 1. The number of phosphoric acid groups is 3. The Morgan fingerprint density at radius 3 is 2.52 bits per heavy atom. The van der Waals surface area contributed by atoms with Crippen molar-refractivity contribution in [3.8, 4) is 0 Å². The molecule has 0 bridgehead atoms. The van der Waals surface area contributed by atoms with Gasteiger partial charge in [0.1, 0.15) is 17.5 Å². The topological polar surface area (TPSA) is 266 Å². The van der Waals surface area contributed by atoms with Crippen LogP contribution < -0.4 is 11.3 Å². The predicted octanol–water partition coefficient (Wildman–Crippen LogP) is -0.363. The van der Waals surface area contributed by atoms with Crippen LogP contribution in [0.15, 0.2) is 17.2 Å². The minimum absolute atomic E-state index is 0.0493. The summed E-state index contributed by atoms with van der Waals surface area (Å²) in [4.78, 5) is 53.8. The number of nitrogen functional groups attached to an aromatic ring is 1. The van der Waals surface area contributed by atoms with Gasteiger partial charge in [0.15, 0.2) is 17.9 Å². The third-order valence-electron chi connectivity index (χ3n) is 4.39. The quantitative estimate of drug-likeness (QED) is 0.211. The van der Waals surface area contributed by atoms with Crippen molar-refractivity contribution in [3.63, 3.8) is 0 Å². The molecule has 3 rings (SSSR count). The molecule has 1 saturated heterocycles. The highest BCUT2D eigenvalue weighted by Crippen LogP contribution is 2.66. The number of hydrogen-bond donors (Lipinski definition) is 7. The van der Waals surface area contributed by atoms with Crippen LogP contribution in [0, 0.1) is 0 Å². The molecule has 33 heavy (non-hydrogen) atoms. The number of imidazole rings is 1. The van der Waals surface area contributed by atoms with Crippen LogP contribution in [0.3, 0.4) is 0 Å². The molecule has 0 spiro atoms. The third-order valence-corrected chi connectivity index (χ3v) is 8.17. The van der Waals surface area contributed by atoms with Gasteiger partial charge in [-0.1, -0.05) is 0 Å². The van der Waals surface area contributed by atoms with Gasteiger partial charge < -0.3 is 44.7 Å². The summed E-state index contributed by atoms with van der Waals surface area (Å²) in [6.07, 6.45) is -4.75. The smallest absolute Gasteiger partial charge is 0.387 e. The van der Waals surface area contributed by atoms with E-state index in [1.807, 2.05) is 0 Å². The monoisotopic (exact) mass is 538 g/mol. The summed E-state index contributed by atoms with van der Waals surface area (Å²) in [6.45, 7) is -0.0423. The Kier molecular flexibility index (Phi) is 6.80. The van der Waals surface area contributed by atoms with Crippen molar-refractivity contribution >= 4 is 40.3 Å². The first-order chi connectivity index (χ1) is 14.9. The van der Waals surface area contributed by atoms with E-state index in [1.54, 1.807) is 0 Å². The molecule has 0 aromatic carbocycles. The lowest BCUT2D eigenvalue weighted by atomic mass is 9.99. The fraction of sp³-hybridized carbons (Fsp3) is 0.500. The number of pyridine rings is 1. The summed E-state index contributed by atoms with van der Waals surface area (Å²) in [5.74, 6) is -0.0707. The fourth-order valence-corrected chi connectivity index (χ4v) is 6.12. The minimum atomic E-state index is -5.77. The molecule has 1 fully saturated rings. The van der Waals surface area contributed by atoms with Crippen molar-refractivity contribution in [3.05, 3.63) is 22.7 Å². The highest BCUT2D eigenvalue weighted by Gasteiger charge is 2.55. The first kappa shape index (κ1) is 26.1. The lowest BCUT2D eigenvalue weighted by molar-refractivity contribution is -0.113. The van der Waals surface area contributed by atoms with Gasteiger partial charge in [0.25, 0.3) is 5.56 Å². The Morgan fingerprint density at radius 1 is 1.27 bits per heavy atom. The van der Waals surface area contributed by atoms with E-state index in [0.717, 1.165) is 17.8 Å².